The lowest BCUT2D eigenvalue weighted by Crippen LogP contribution is -2.27. The molecule has 1 fully saturated rings. The quantitative estimate of drug-likeness (QED) is 0.272. The normalized spacial score (nSPS) is 14.8. The van der Waals surface area contributed by atoms with E-state index in [2.05, 4.69) is 0 Å². The average Bonchev–Trinajstić information content (AvgIpc) is 3.06. The highest BCUT2D eigenvalue weighted by Gasteiger charge is 2.35. The van der Waals surface area contributed by atoms with Gasteiger partial charge < -0.3 is 14.6 Å². The van der Waals surface area contributed by atoms with Crippen molar-refractivity contribution in [1.29, 1.82) is 0 Å². The molecule has 1 N–H and O–H groups in total. The Balaban J connectivity index is 1.57. The van der Waals surface area contributed by atoms with Crippen LogP contribution in [0.25, 0.3) is 16.8 Å². The van der Waals surface area contributed by atoms with E-state index in [1.54, 1.807) is 25.1 Å². The second-order valence-electron chi connectivity index (χ2n) is 7.39. The van der Waals surface area contributed by atoms with Crippen LogP contribution in [0.5, 0.6) is 11.5 Å². The number of aliphatic carboxylic acids is 1. The minimum absolute atomic E-state index is 0.191. The minimum atomic E-state index is -1.09. The van der Waals surface area contributed by atoms with Crippen LogP contribution in [0.2, 0.25) is 0 Å². The molecule has 0 atom stereocenters. The molecule has 1 aliphatic rings. The van der Waals surface area contributed by atoms with Crippen LogP contribution in [0.15, 0.2) is 59.5 Å². The molecule has 0 radical (unpaired) electrons. The van der Waals surface area contributed by atoms with Crippen LogP contribution in [0.4, 0.5) is 4.79 Å². The molecule has 0 aliphatic carbocycles. The summed E-state index contributed by atoms with van der Waals surface area (Å²) in [5.41, 5.74) is 1.52. The number of hydrogen-bond donors (Lipinski definition) is 1. The number of benzene rings is 3. The van der Waals surface area contributed by atoms with Gasteiger partial charge in [-0.15, -0.1) is 0 Å². The van der Waals surface area contributed by atoms with Crippen LogP contribution >= 0.6 is 34.4 Å². The van der Waals surface area contributed by atoms with Crippen molar-refractivity contribution in [1.82, 2.24) is 4.90 Å². The van der Waals surface area contributed by atoms with Gasteiger partial charge in [0, 0.05) is 0 Å². The van der Waals surface area contributed by atoms with E-state index in [1.165, 1.54) is 4.90 Å². The van der Waals surface area contributed by atoms with Gasteiger partial charge in [0.2, 0.25) is 0 Å². The highest BCUT2D eigenvalue weighted by Crippen LogP contribution is 2.38. The molecule has 9 heteroatoms. The van der Waals surface area contributed by atoms with E-state index in [0.29, 0.717) is 32.1 Å². The highest BCUT2D eigenvalue weighted by molar-refractivity contribution is 14.1. The first-order valence-electron chi connectivity index (χ1n) is 10.4. The van der Waals surface area contributed by atoms with E-state index >= 15 is 0 Å². The molecule has 3 aromatic rings. The summed E-state index contributed by atoms with van der Waals surface area (Å²) < 4.78 is 11.6. The number of carbonyl (C=O) groups is 3. The van der Waals surface area contributed by atoms with Crippen LogP contribution in [0.1, 0.15) is 18.1 Å². The molecule has 0 saturated carbocycles. The molecule has 0 spiro atoms. The van der Waals surface area contributed by atoms with Crippen molar-refractivity contribution in [3.63, 3.8) is 0 Å². The number of ether oxygens (including phenoxy) is 2. The number of imide groups is 1. The smallest absolute Gasteiger partial charge is 0.341 e. The number of carbonyl (C=O) groups excluding carboxylic acids is 2. The van der Waals surface area contributed by atoms with E-state index in [9.17, 15) is 14.4 Å². The topological polar surface area (TPSA) is 93.1 Å². The van der Waals surface area contributed by atoms with Gasteiger partial charge in [0.25, 0.3) is 11.1 Å². The van der Waals surface area contributed by atoms with Crippen LogP contribution in [-0.4, -0.2) is 40.3 Å². The summed E-state index contributed by atoms with van der Waals surface area (Å²) in [6, 6.07) is 17.2. The number of amides is 2. The zero-order valence-corrected chi connectivity index (χ0v) is 21.1. The first-order chi connectivity index (χ1) is 16.4. The molecule has 2 amide bonds. The van der Waals surface area contributed by atoms with Crippen molar-refractivity contribution in [2.24, 2.45) is 0 Å². The van der Waals surface area contributed by atoms with Crippen molar-refractivity contribution in [3.05, 3.63) is 74.2 Å². The fourth-order valence-corrected chi connectivity index (χ4v) is 5.13. The Morgan fingerprint density at radius 2 is 1.85 bits per heavy atom. The van der Waals surface area contributed by atoms with Crippen molar-refractivity contribution < 1.29 is 29.0 Å². The van der Waals surface area contributed by atoms with E-state index in [0.717, 1.165) is 28.1 Å². The van der Waals surface area contributed by atoms with Crippen molar-refractivity contribution in [2.45, 2.75) is 13.5 Å². The van der Waals surface area contributed by atoms with Crippen molar-refractivity contribution >= 4 is 68.3 Å². The standard InChI is InChI=1S/C25H20INO6S/c1-2-32-20-11-16(10-19(26)23(20)33-14-22(28)29)12-21-24(30)27(25(31)34-21)13-15-7-8-17-5-3-4-6-18(17)9-15/h3-12H,2,13-14H2,1H3,(H,28,29)/b21-12-. The number of carboxylic acid groups (broad SMARTS) is 1. The number of halogens is 1. The lowest BCUT2D eigenvalue weighted by Gasteiger charge is -2.14. The first-order valence-corrected chi connectivity index (χ1v) is 12.3. The molecular formula is C25H20INO6S. The summed E-state index contributed by atoms with van der Waals surface area (Å²) in [5.74, 6) is -0.756. The lowest BCUT2D eigenvalue weighted by atomic mass is 10.1. The maximum Gasteiger partial charge on any atom is 0.341 e. The van der Waals surface area contributed by atoms with Gasteiger partial charge in [-0.3, -0.25) is 14.5 Å². The van der Waals surface area contributed by atoms with E-state index in [-0.39, 0.29) is 17.7 Å². The molecule has 3 aromatic carbocycles. The van der Waals surface area contributed by atoms with Gasteiger partial charge in [0.15, 0.2) is 18.1 Å². The summed E-state index contributed by atoms with van der Waals surface area (Å²) in [7, 11) is 0. The molecule has 1 aliphatic heterocycles. The SMILES string of the molecule is CCOc1cc(/C=C2\SC(=O)N(Cc3ccc4ccccc4c3)C2=O)cc(I)c1OCC(=O)O. The maximum absolute atomic E-state index is 13.0. The molecule has 0 bridgehead atoms. The van der Waals surface area contributed by atoms with Crippen molar-refractivity contribution in [3.8, 4) is 11.5 Å². The van der Waals surface area contributed by atoms with Gasteiger partial charge in [0.1, 0.15) is 0 Å². The van der Waals surface area contributed by atoms with Crippen LogP contribution < -0.4 is 9.47 Å². The van der Waals surface area contributed by atoms with E-state index in [4.69, 9.17) is 14.6 Å². The Bertz CT molecular complexity index is 1320. The summed E-state index contributed by atoms with van der Waals surface area (Å²) in [5, 5.41) is 10.7. The Hall–Kier alpha value is -3.05. The van der Waals surface area contributed by atoms with Crippen LogP contribution in [0.3, 0.4) is 0 Å². The second-order valence-corrected chi connectivity index (χ2v) is 9.55. The molecule has 0 aromatic heterocycles. The number of hydrogen-bond acceptors (Lipinski definition) is 6. The Kier molecular flexibility index (Phi) is 7.42. The Labute approximate surface area is 213 Å². The highest BCUT2D eigenvalue weighted by atomic mass is 127. The molecular weight excluding hydrogens is 569 g/mol. The van der Waals surface area contributed by atoms with Crippen LogP contribution in [-0.2, 0) is 16.1 Å². The van der Waals surface area contributed by atoms with Crippen LogP contribution in [0, 0.1) is 3.57 Å². The monoisotopic (exact) mass is 589 g/mol. The summed E-state index contributed by atoms with van der Waals surface area (Å²) in [6.45, 7) is 1.85. The van der Waals surface area contributed by atoms with Crippen molar-refractivity contribution in [2.75, 3.05) is 13.2 Å². The summed E-state index contributed by atoms with van der Waals surface area (Å²) in [4.78, 5) is 38.1. The number of rotatable bonds is 8. The van der Waals surface area contributed by atoms with Gasteiger partial charge in [-0.2, -0.15) is 0 Å². The zero-order valence-electron chi connectivity index (χ0n) is 18.1. The Morgan fingerprint density at radius 3 is 2.59 bits per heavy atom. The number of carboxylic acids is 1. The average molecular weight is 589 g/mol. The third-order valence-corrected chi connectivity index (χ3v) is 6.71. The predicted octanol–water partition coefficient (Wildman–Crippen LogP) is 5.54. The zero-order chi connectivity index (χ0) is 24.2. The number of fused-ring (bicyclic) bond motifs is 1. The second kappa shape index (κ2) is 10.5. The summed E-state index contributed by atoms with van der Waals surface area (Å²) in [6.07, 6.45) is 1.64. The molecule has 0 unspecified atom stereocenters. The van der Waals surface area contributed by atoms with Gasteiger partial charge in [-0.05, 0) is 87.5 Å². The van der Waals surface area contributed by atoms with Gasteiger partial charge in [0.05, 0.1) is 21.6 Å². The Morgan fingerprint density at radius 1 is 1.09 bits per heavy atom. The fourth-order valence-electron chi connectivity index (χ4n) is 3.52. The third-order valence-electron chi connectivity index (χ3n) is 5.00. The minimum Gasteiger partial charge on any atom is -0.490 e. The van der Waals surface area contributed by atoms with E-state index < -0.39 is 12.6 Å². The fraction of sp³-hybridized carbons (Fsp3) is 0.160. The molecule has 4 rings (SSSR count). The molecule has 34 heavy (non-hydrogen) atoms. The number of thioether (sulfide) groups is 1. The first kappa shape index (κ1) is 24.1. The maximum atomic E-state index is 13.0. The molecule has 1 saturated heterocycles. The molecule has 174 valence electrons. The molecule has 1 heterocycles. The van der Waals surface area contributed by atoms with Gasteiger partial charge >= 0.3 is 5.97 Å². The van der Waals surface area contributed by atoms with Gasteiger partial charge in [-0.1, -0.05) is 36.4 Å². The number of nitrogens with zero attached hydrogens (tertiary/aromatic N) is 1. The molecule has 7 nitrogen and oxygen atoms in total. The van der Waals surface area contributed by atoms with Gasteiger partial charge in [-0.25, -0.2) is 4.79 Å². The predicted molar refractivity (Wildman–Crippen MR) is 139 cm³/mol. The lowest BCUT2D eigenvalue weighted by molar-refractivity contribution is -0.139. The van der Waals surface area contributed by atoms with E-state index in [1.807, 2.05) is 65.1 Å². The summed E-state index contributed by atoms with van der Waals surface area (Å²) >= 11 is 2.91. The third kappa shape index (κ3) is 5.36. The largest absolute Gasteiger partial charge is 0.490 e.